The Morgan fingerprint density at radius 1 is 1.41 bits per heavy atom. The van der Waals surface area contributed by atoms with E-state index in [0.717, 1.165) is 0 Å². The van der Waals surface area contributed by atoms with Gasteiger partial charge in [-0.3, -0.25) is 4.99 Å². The quantitative estimate of drug-likeness (QED) is 0.358. The van der Waals surface area contributed by atoms with Crippen LogP contribution in [-0.4, -0.2) is 18.5 Å². The Morgan fingerprint density at radius 2 is 2.06 bits per heavy atom. The topological polar surface area (TPSA) is 59.6 Å². The van der Waals surface area contributed by atoms with Crippen LogP contribution in [0.3, 0.4) is 0 Å². The summed E-state index contributed by atoms with van der Waals surface area (Å²) in [6, 6.07) is 4.48. The first-order valence-corrected chi connectivity index (χ1v) is 5.28. The van der Waals surface area contributed by atoms with E-state index in [4.69, 9.17) is 10.6 Å². The first-order chi connectivity index (χ1) is 7.87. The molecule has 0 spiro atoms. The number of halogens is 1. The lowest BCUT2D eigenvalue weighted by Crippen LogP contribution is -2.33. The summed E-state index contributed by atoms with van der Waals surface area (Å²) in [6.07, 6.45) is 0. The molecule has 5 heteroatoms. The van der Waals surface area contributed by atoms with E-state index in [0.29, 0.717) is 11.4 Å². The van der Waals surface area contributed by atoms with Crippen LogP contribution in [0.1, 0.15) is 26.3 Å². The minimum atomic E-state index is -0.414. The molecule has 0 amide bonds. The number of ether oxygens (including phenoxy) is 1. The summed E-state index contributed by atoms with van der Waals surface area (Å²) in [7, 11) is 1.42. The van der Waals surface area contributed by atoms with Gasteiger partial charge in [-0.1, -0.05) is 0 Å². The van der Waals surface area contributed by atoms with Crippen LogP contribution in [0.5, 0.6) is 5.75 Å². The average molecular weight is 239 g/mol. The zero-order chi connectivity index (χ0) is 13.1. The SMILES string of the molecule is COc1cc(C(=NC(C)(C)C)NN)ccc1F. The molecule has 17 heavy (non-hydrogen) atoms. The molecule has 94 valence electrons. The molecule has 0 aliphatic heterocycles. The van der Waals surface area contributed by atoms with Crippen molar-refractivity contribution in [3.05, 3.63) is 29.6 Å². The first-order valence-electron chi connectivity index (χ1n) is 5.28. The highest BCUT2D eigenvalue weighted by Gasteiger charge is 2.12. The molecule has 1 aromatic rings. The van der Waals surface area contributed by atoms with Gasteiger partial charge < -0.3 is 10.2 Å². The van der Waals surface area contributed by atoms with E-state index in [1.165, 1.54) is 13.2 Å². The van der Waals surface area contributed by atoms with Gasteiger partial charge in [-0.15, -0.1) is 0 Å². The van der Waals surface area contributed by atoms with Crippen molar-refractivity contribution < 1.29 is 9.13 Å². The zero-order valence-corrected chi connectivity index (χ0v) is 10.5. The van der Waals surface area contributed by atoms with Crippen LogP contribution < -0.4 is 16.0 Å². The van der Waals surface area contributed by atoms with Crippen LogP contribution in [0.25, 0.3) is 0 Å². The van der Waals surface area contributed by atoms with Crippen molar-refractivity contribution in [3.63, 3.8) is 0 Å². The van der Waals surface area contributed by atoms with Gasteiger partial charge in [0.05, 0.1) is 12.6 Å². The smallest absolute Gasteiger partial charge is 0.165 e. The highest BCUT2D eigenvalue weighted by atomic mass is 19.1. The number of hydrogen-bond donors (Lipinski definition) is 2. The molecule has 0 saturated carbocycles. The van der Waals surface area contributed by atoms with E-state index in [1.807, 2.05) is 20.8 Å². The van der Waals surface area contributed by atoms with Crippen LogP contribution in [0, 0.1) is 5.82 Å². The summed E-state index contributed by atoms with van der Waals surface area (Å²) in [4.78, 5) is 4.41. The maximum absolute atomic E-state index is 13.3. The summed E-state index contributed by atoms with van der Waals surface area (Å²) in [5.74, 6) is 5.67. The molecule has 0 unspecified atom stereocenters. The molecular formula is C12H18FN3O. The summed E-state index contributed by atoms with van der Waals surface area (Å²) in [5, 5.41) is 0. The molecule has 0 bridgehead atoms. The van der Waals surface area contributed by atoms with Crippen LogP contribution in [0.4, 0.5) is 4.39 Å². The minimum absolute atomic E-state index is 0.166. The number of methoxy groups -OCH3 is 1. The molecule has 0 heterocycles. The number of amidine groups is 1. The third-order valence-corrected chi connectivity index (χ3v) is 2.01. The Kier molecular flexibility index (Phi) is 4.07. The second-order valence-electron chi connectivity index (χ2n) is 4.62. The molecule has 4 nitrogen and oxygen atoms in total. The third kappa shape index (κ3) is 3.71. The average Bonchev–Trinajstić information content (AvgIpc) is 2.25. The second kappa shape index (κ2) is 5.14. The number of rotatable bonds is 2. The van der Waals surface area contributed by atoms with E-state index in [9.17, 15) is 4.39 Å². The van der Waals surface area contributed by atoms with Gasteiger partial charge >= 0.3 is 0 Å². The van der Waals surface area contributed by atoms with Crippen molar-refractivity contribution in [2.75, 3.05) is 7.11 Å². The molecule has 3 N–H and O–H groups in total. The molecule has 0 aliphatic rings. The van der Waals surface area contributed by atoms with Crippen molar-refractivity contribution in [1.82, 2.24) is 5.43 Å². The molecule has 0 aromatic heterocycles. The lowest BCUT2D eigenvalue weighted by molar-refractivity contribution is 0.386. The standard InChI is InChI=1S/C12H18FN3O/c1-12(2,3)15-11(16-14)8-5-6-9(13)10(7-8)17-4/h5-7H,14H2,1-4H3,(H,15,16). The van der Waals surface area contributed by atoms with Crippen LogP contribution >= 0.6 is 0 Å². The molecule has 0 radical (unpaired) electrons. The molecule has 1 aromatic carbocycles. The maximum atomic E-state index is 13.3. The van der Waals surface area contributed by atoms with E-state index in [2.05, 4.69) is 10.4 Å². The summed E-state index contributed by atoms with van der Waals surface area (Å²) in [6.45, 7) is 5.85. The molecule has 1 rings (SSSR count). The fourth-order valence-electron chi connectivity index (χ4n) is 1.32. The molecule has 0 atom stereocenters. The van der Waals surface area contributed by atoms with Crippen molar-refractivity contribution in [2.24, 2.45) is 10.8 Å². The largest absolute Gasteiger partial charge is 0.494 e. The van der Waals surface area contributed by atoms with Crippen molar-refractivity contribution in [3.8, 4) is 5.75 Å². The van der Waals surface area contributed by atoms with Gasteiger partial charge in [-0.2, -0.15) is 0 Å². The minimum Gasteiger partial charge on any atom is -0.494 e. The summed E-state index contributed by atoms with van der Waals surface area (Å²) in [5.41, 5.74) is 2.92. The summed E-state index contributed by atoms with van der Waals surface area (Å²) >= 11 is 0. The number of benzene rings is 1. The summed E-state index contributed by atoms with van der Waals surface area (Å²) < 4.78 is 18.2. The Balaban J connectivity index is 3.18. The Morgan fingerprint density at radius 3 is 2.53 bits per heavy atom. The monoisotopic (exact) mass is 239 g/mol. The van der Waals surface area contributed by atoms with Crippen molar-refractivity contribution in [2.45, 2.75) is 26.3 Å². The molecular weight excluding hydrogens is 221 g/mol. The fourth-order valence-corrected chi connectivity index (χ4v) is 1.32. The van der Waals surface area contributed by atoms with E-state index in [1.54, 1.807) is 12.1 Å². The number of nitrogens with one attached hydrogen (secondary N) is 1. The number of hydrazine groups is 1. The van der Waals surface area contributed by atoms with Gasteiger partial charge in [0.25, 0.3) is 0 Å². The molecule has 0 saturated heterocycles. The number of nitrogens with zero attached hydrogens (tertiary/aromatic N) is 1. The van der Waals surface area contributed by atoms with Gasteiger partial charge in [0.1, 0.15) is 5.84 Å². The van der Waals surface area contributed by atoms with Crippen LogP contribution in [-0.2, 0) is 0 Å². The highest BCUT2D eigenvalue weighted by molar-refractivity contribution is 5.99. The first kappa shape index (κ1) is 13.4. The molecule has 0 aliphatic carbocycles. The number of aliphatic imine (C=N–C) groups is 1. The highest BCUT2D eigenvalue weighted by Crippen LogP contribution is 2.19. The number of hydrogen-bond acceptors (Lipinski definition) is 3. The lowest BCUT2D eigenvalue weighted by Gasteiger charge is -2.16. The maximum Gasteiger partial charge on any atom is 0.165 e. The van der Waals surface area contributed by atoms with E-state index in [-0.39, 0.29) is 11.3 Å². The molecule has 0 fully saturated rings. The predicted molar refractivity (Wildman–Crippen MR) is 66.6 cm³/mol. The fraction of sp³-hybridized carbons (Fsp3) is 0.417. The van der Waals surface area contributed by atoms with E-state index < -0.39 is 5.82 Å². The zero-order valence-electron chi connectivity index (χ0n) is 10.5. The van der Waals surface area contributed by atoms with Gasteiger partial charge in [0, 0.05) is 5.56 Å². The second-order valence-corrected chi connectivity index (χ2v) is 4.62. The lowest BCUT2D eigenvalue weighted by atomic mass is 10.1. The normalized spacial score (nSPS) is 12.5. The van der Waals surface area contributed by atoms with Crippen molar-refractivity contribution >= 4 is 5.84 Å². The van der Waals surface area contributed by atoms with Crippen LogP contribution in [0.2, 0.25) is 0 Å². The Labute approximate surface area is 101 Å². The van der Waals surface area contributed by atoms with Gasteiger partial charge in [0.2, 0.25) is 0 Å². The number of nitrogens with two attached hydrogens (primary N) is 1. The Hall–Kier alpha value is -1.62. The Bertz CT molecular complexity index is 424. The van der Waals surface area contributed by atoms with Crippen molar-refractivity contribution in [1.29, 1.82) is 0 Å². The van der Waals surface area contributed by atoms with Gasteiger partial charge in [-0.05, 0) is 39.0 Å². The van der Waals surface area contributed by atoms with Gasteiger partial charge in [-0.25, -0.2) is 10.2 Å². The predicted octanol–water partition coefficient (Wildman–Crippen LogP) is 1.84. The van der Waals surface area contributed by atoms with Gasteiger partial charge in [0.15, 0.2) is 11.6 Å². The van der Waals surface area contributed by atoms with Crippen LogP contribution in [0.15, 0.2) is 23.2 Å². The van der Waals surface area contributed by atoms with E-state index >= 15 is 0 Å². The third-order valence-electron chi connectivity index (χ3n) is 2.01.